The van der Waals surface area contributed by atoms with Crippen molar-refractivity contribution >= 4 is 28.6 Å². The van der Waals surface area contributed by atoms with Gasteiger partial charge in [0.25, 0.3) is 0 Å². The number of methoxy groups -OCH3 is 1. The van der Waals surface area contributed by atoms with Gasteiger partial charge >= 0.3 is 5.97 Å². The van der Waals surface area contributed by atoms with Gasteiger partial charge in [-0.3, -0.25) is 4.79 Å². The summed E-state index contributed by atoms with van der Waals surface area (Å²) in [6, 6.07) is 7.99. The Hall–Kier alpha value is -0.580. The summed E-state index contributed by atoms with van der Waals surface area (Å²) in [6.45, 7) is 0. The van der Waals surface area contributed by atoms with Crippen molar-refractivity contribution in [1.29, 1.82) is 0 Å². The second-order valence-electron chi connectivity index (χ2n) is 2.70. The number of hydrogen-bond donors (Lipinski definition) is 0. The fourth-order valence-corrected chi connectivity index (χ4v) is 1.49. The normalized spacial score (nSPS) is 9.69. The van der Waals surface area contributed by atoms with Gasteiger partial charge in [0.05, 0.1) is 13.5 Å². The van der Waals surface area contributed by atoms with Crippen molar-refractivity contribution in [3.63, 3.8) is 0 Å². The van der Waals surface area contributed by atoms with Crippen molar-refractivity contribution in [3.8, 4) is 0 Å². The smallest absolute Gasteiger partial charge is 0.309 e. The highest BCUT2D eigenvalue weighted by Gasteiger charge is 2.01. The van der Waals surface area contributed by atoms with Crippen molar-refractivity contribution in [2.45, 2.75) is 10.8 Å². The van der Waals surface area contributed by atoms with Crippen LogP contribution in [0.4, 0.5) is 0 Å². The molecule has 1 rings (SSSR count). The lowest BCUT2D eigenvalue weighted by molar-refractivity contribution is -0.139. The highest BCUT2D eigenvalue weighted by atomic mass is 127. The molecule has 0 amide bonds. The zero-order valence-corrected chi connectivity index (χ0v) is 9.58. The molecule has 0 aliphatic heterocycles. The van der Waals surface area contributed by atoms with Gasteiger partial charge in [0, 0.05) is 4.43 Å². The fraction of sp³-hybridized carbons (Fsp3) is 0.300. The quantitative estimate of drug-likeness (QED) is 0.485. The molecule has 1 aromatic carbocycles. The Labute approximate surface area is 91.4 Å². The number of carbonyl (C=O) groups excluding carboxylic acids is 1. The first-order valence-corrected chi connectivity index (χ1v) is 5.49. The third-order valence-electron chi connectivity index (χ3n) is 1.75. The van der Waals surface area contributed by atoms with E-state index in [9.17, 15) is 4.79 Å². The molecule has 70 valence electrons. The Morgan fingerprint density at radius 3 is 2.31 bits per heavy atom. The molecule has 0 bridgehead atoms. The minimum absolute atomic E-state index is 0.192. The van der Waals surface area contributed by atoms with Crippen molar-refractivity contribution in [3.05, 3.63) is 35.4 Å². The molecule has 0 radical (unpaired) electrons. The van der Waals surface area contributed by atoms with Crippen LogP contribution in [0.1, 0.15) is 11.1 Å². The molecule has 0 aromatic heterocycles. The molecule has 1 aromatic rings. The number of esters is 1. The van der Waals surface area contributed by atoms with E-state index in [1.807, 2.05) is 24.3 Å². The molecule has 0 N–H and O–H groups in total. The van der Waals surface area contributed by atoms with Crippen LogP contribution in [0.15, 0.2) is 24.3 Å². The molecular weight excluding hydrogens is 279 g/mol. The molecule has 0 aliphatic rings. The highest BCUT2D eigenvalue weighted by Crippen LogP contribution is 2.08. The summed E-state index contributed by atoms with van der Waals surface area (Å²) < 4.78 is 5.57. The molecule has 2 nitrogen and oxygen atoms in total. The molecule has 3 heteroatoms. The lowest BCUT2D eigenvalue weighted by Crippen LogP contribution is -2.04. The molecule has 0 heterocycles. The SMILES string of the molecule is COC(=O)Cc1ccc(CI)cc1. The molecular formula is C10H11IO2. The van der Waals surface area contributed by atoms with Gasteiger partial charge in [0.1, 0.15) is 0 Å². The van der Waals surface area contributed by atoms with Crippen LogP contribution in [0.3, 0.4) is 0 Å². The second-order valence-corrected chi connectivity index (χ2v) is 3.47. The van der Waals surface area contributed by atoms with Crippen LogP contribution >= 0.6 is 22.6 Å². The Balaban J connectivity index is 2.64. The summed E-state index contributed by atoms with van der Waals surface area (Å²) in [5.41, 5.74) is 2.27. The number of hydrogen-bond acceptors (Lipinski definition) is 2. The number of ether oxygens (including phenoxy) is 1. The van der Waals surface area contributed by atoms with Gasteiger partial charge in [-0.05, 0) is 11.1 Å². The van der Waals surface area contributed by atoms with Gasteiger partial charge in [-0.2, -0.15) is 0 Å². The average molecular weight is 290 g/mol. The third kappa shape index (κ3) is 3.34. The first-order chi connectivity index (χ1) is 6.26. The first-order valence-electron chi connectivity index (χ1n) is 3.97. The number of alkyl halides is 1. The summed E-state index contributed by atoms with van der Waals surface area (Å²) in [4.78, 5) is 10.9. The van der Waals surface area contributed by atoms with E-state index in [1.54, 1.807) is 0 Å². The van der Waals surface area contributed by atoms with Crippen molar-refractivity contribution in [2.75, 3.05) is 7.11 Å². The highest BCUT2D eigenvalue weighted by molar-refractivity contribution is 14.1. The van der Waals surface area contributed by atoms with Crippen LogP contribution in [0.5, 0.6) is 0 Å². The van der Waals surface area contributed by atoms with Gasteiger partial charge in [-0.25, -0.2) is 0 Å². The maximum Gasteiger partial charge on any atom is 0.309 e. The van der Waals surface area contributed by atoms with Gasteiger partial charge < -0.3 is 4.74 Å². The summed E-state index contributed by atoms with van der Waals surface area (Å²) in [5.74, 6) is -0.192. The number of benzene rings is 1. The zero-order chi connectivity index (χ0) is 9.68. The van der Waals surface area contributed by atoms with Crippen molar-refractivity contribution < 1.29 is 9.53 Å². The standard InChI is InChI=1S/C10H11IO2/c1-13-10(12)6-8-2-4-9(7-11)5-3-8/h2-5H,6-7H2,1H3. The summed E-state index contributed by atoms with van der Waals surface area (Å²) >= 11 is 2.31. The largest absolute Gasteiger partial charge is 0.469 e. The second kappa shape index (κ2) is 5.21. The molecule has 13 heavy (non-hydrogen) atoms. The molecule has 0 spiro atoms. The number of carbonyl (C=O) groups is 1. The van der Waals surface area contributed by atoms with E-state index in [1.165, 1.54) is 12.7 Å². The Kier molecular flexibility index (Phi) is 4.21. The van der Waals surface area contributed by atoms with E-state index in [0.717, 1.165) is 9.99 Å². The number of rotatable bonds is 3. The minimum atomic E-state index is -0.192. The van der Waals surface area contributed by atoms with Crippen LogP contribution in [-0.4, -0.2) is 13.1 Å². The predicted molar refractivity (Wildman–Crippen MR) is 59.9 cm³/mol. The average Bonchev–Trinajstić information content (AvgIpc) is 2.19. The minimum Gasteiger partial charge on any atom is -0.469 e. The van der Waals surface area contributed by atoms with E-state index < -0.39 is 0 Å². The lowest BCUT2D eigenvalue weighted by atomic mass is 10.1. The van der Waals surface area contributed by atoms with Crippen molar-refractivity contribution in [1.82, 2.24) is 0 Å². The van der Waals surface area contributed by atoms with Gasteiger partial charge in [0.2, 0.25) is 0 Å². The van der Waals surface area contributed by atoms with Crippen LogP contribution in [0.25, 0.3) is 0 Å². The van der Waals surface area contributed by atoms with Gasteiger partial charge in [0.15, 0.2) is 0 Å². The topological polar surface area (TPSA) is 26.3 Å². The lowest BCUT2D eigenvalue weighted by Gasteiger charge is -2.00. The molecule has 0 unspecified atom stereocenters. The van der Waals surface area contributed by atoms with E-state index in [4.69, 9.17) is 0 Å². The zero-order valence-electron chi connectivity index (χ0n) is 7.42. The summed E-state index contributed by atoms with van der Waals surface area (Å²) in [7, 11) is 1.40. The molecule has 0 saturated carbocycles. The molecule has 0 aliphatic carbocycles. The Morgan fingerprint density at radius 2 is 1.85 bits per heavy atom. The Bertz CT molecular complexity index is 279. The van der Waals surface area contributed by atoms with Gasteiger partial charge in [-0.1, -0.05) is 46.9 Å². The predicted octanol–water partition coefficient (Wildman–Crippen LogP) is 2.34. The van der Waals surface area contributed by atoms with Crippen LogP contribution in [0, 0.1) is 0 Å². The summed E-state index contributed by atoms with van der Waals surface area (Å²) in [5, 5.41) is 0. The maximum atomic E-state index is 10.9. The fourth-order valence-electron chi connectivity index (χ4n) is 0.985. The van der Waals surface area contributed by atoms with E-state index >= 15 is 0 Å². The van der Waals surface area contributed by atoms with E-state index in [2.05, 4.69) is 27.3 Å². The molecule has 0 saturated heterocycles. The van der Waals surface area contributed by atoms with Crippen LogP contribution in [0.2, 0.25) is 0 Å². The Morgan fingerprint density at radius 1 is 1.31 bits per heavy atom. The monoisotopic (exact) mass is 290 g/mol. The maximum absolute atomic E-state index is 10.9. The summed E-state index contributed by atoms with van der Waals surface area (Å²) in [6.07, 6.45) is 0.359. The van der Waals surface area contributed by atoms with Crippen LogP contribution in [-0.2, 0) is 20.4 Å². The molecule has 0 fully saturated rings. The van der Waals surface area contributed by atoms with Crippen LogP contribution < -0.4 is 0 Å². The third-order valence-corrected chi connectivity index (χ3v) is 2.63. The van der Waals surface area contributed by atoms with Crippen molar-refractivity contribution in [2.24, 2.45) is 0 Å². The number of halogens is 1. The van der Waals surface area contributed by atoms with E-state index in [0.29, 0.717) is 6.42 Å². The first kappa shape index (κ1) is 10.5. The van der Waals surface area contributed by atoms with E-state index in [-0.39, 0.29) is 5.97 Å². The molecule has 0 atom stereocenters. The van der Waals surface area contributed by atoms with Gasteiger partial charge in [-0.15, -0.1) is 0 Å².